The van der Waals surface area contributed by atoms with Gasteiger partial charge < -0.3 is 0 Å². The number of hydrogen-bond acceptors (Lipinski definition) is 3. The van der Waals surface area contributed by atoms with E-state index < -0.39 is 5.60 Å². The van der Waals surface area contributed by atoms with Crippen LogP contribution in [0.4, 0.5) is 0 Å². The van der Waals surface area contributed by atoms with Gasteiger partial charge in [0.1, 0.15) is 0 Å². The number of amides is 1. The van der Waals surface area contributed by atoms with E-state index in [4.69, 9.17) is 16.4 Å². The van der Waals surface area contributed by atoms with Crippen molar-refractivity contribution in [3.05, 3.63) is 28.8 Å². The Hall–Kier alpha value is -0.710. The van der Waals surface area contributed by atoms with E-state index in [-0.39, 0.29) is 5.91 Å². The quantitative estimate of drug-likeness (QED) is 0.676. The Morgan fingerprint density at radius 3 is 2.59 bits per heavy atom. The molecule has 0 aromatic heterocycles. The number of hydrogen-bond donors (Lipinski definition) is 1. The number of hydroxylamine groups is 1. The zero-order valence-corrected chi connectivity index (χ0v) is 11.9. The van der Waals surface area contributed by atoms with Gasteiger partial charge in [-0.3, -0.25) is 9.63 Å². The van der Waals surface area contributed by atoms with Crippen molar-refractivity contribution in [2.24, 2.45) is 0 Å². The standard InChI is InChI=1S/C12H16ClNO2S/c1-12(2,3)16-14-11(15)9-7-8(17-4)5-6-10(9)13/h5-7H,1-4H3,(H,14,15). The Morgan fingerprint density at radius 1 is 1.41 bits per heavy atom. The Morgan fingerprint density at radius 2 is 2.06 bits per heavy atom. The van der Waals surface area contributed by atoms with Crippen LogP contribution in [-0.4, -0.2) is 17.8 Å². The van der Waals surface area contributed by atoms with E-state index in [0.717, 1.165) is 4.90 Å². The summed E-state index contributed by atoms with van der Waals surface area (Å²) >= 11 is 7.53. The lowest BCUT2D eigenvalue weighted by Crippen LogP contribution is -2.33. The average Bonchev–Trinajstić information content (AvgIpc) is 2.25. The fraction of sp³-hybridized carbons (Fsp3) is 0.417. The number of thioether (sulfide) groups is 1. The van der Waals surface area contributed by atoms with E-state index in [9.17, 15) is 4.79 Å². The van der Waals surface area contributed by atoms with E-state index >= 15 is 0 Å². The van der Waals surface area contributed by atoms with Crippen LogP contribution in [0, 0.1) is 0 Å². The maximum atomic E-state index is 11.9. The minimum absolute atomic E-state index is 0.333. The monoisotopic (exact) mass is 273 g/mol. The molecule has 0 saturated carbocycles. The number of halogens is 1. The van der Waals surface area contributed by atoms with Gasteiger partial charge in [0.05, 0.1) is 16.2 Å². The smallest absolute Gasteiger partial charge is 0.268 e. The normalized spacial score (nSPS) is 11.4. The molecule has 0 saturated heterocycles. The predicted molar refractivity (Wildman–Crippen MR) is 71.5 cm³/mol. The third-order valence-corrected chi connectivity index (χ3v) is 2.92. The summed E-state index contributed by atoms with van der Waals surface area (Å²) in [6, 6.07) is 5.32. The molecule has 0 aliphatic carbocycles. The fourth-order valence-electron chi connectivity index (χ4n) is 1.06. The van der Waals surface area contributed by atoms with Crippen molar-refractivity contribution < 1.29 is 9.63 Å². The van der Waals surface area contributed by atoms with Crippen molar-refractivity contribution in [1.29, 1.82) is 0 Å². The highest BCUT2D eigenvalue weighted by Gasteiger charge is 2.16. The van der Waals surface area contributed by atoms with Gasteiger partial charge in [0.25, 0.3) is 5.91 Å². The number of benzene rings is 1. The van der Waals surface area contributed by atoms with E-state index in [1.807, 2.05) is 33.1 Å². The van der Waals surface area contributed by atoms with Crippen LogP contribution in [0.1, 0.15) is 31.1 Å². The molecular formula is C12H16ClNO2S. The van der Waals surface area contributed by atoms with Crippen LogP contribution in [0.2, 0.25) is 5.02 Å². The minimum atomic E-state index is -0.431. The van der Waals surface area contributed by atoms with Crippen molar-refractivity contribution in [1.82, 2.24) is 5.48 Å². The Balaban J connectivity index is 2.81. The number of carbonyl (C=O) groups is 1. The summed E-state index contributed by atoms with van der Waals surface area (Å²) in [7, 11) is 0. The third-order valence-electron chi connectivity index (χ3n) is 1.87. The van der Waals surface area contributed by atoms with Crippen molar-refractivity contribution >= 4 is 29.3 Å². The molecule has 1 aromatic carbocycles. The summed E-state index contributed by atoms with van der Waals surface area (Å²) in [5, 5.41) is 0.415. The van der Waals surface area contributed by atoms with Gasteiger partial charge in [-0.15, -0.1) is 11.8 Å². The first-order valence-corrected chi connectivity index (χ1v) is 6.75. The molecule has 0 aliphatic rings. The van der Waals surface area contributed by atoms with Crippen LogP contribution in [0.25, 0.3) is 0 Å². The molecule has 0 unspecified atom stereocenters. The predicted octanol–water partition coefficient (Wildman–Crippen LogP) is 3.52. The highest BCUT2D eigenvalue weighted by molar-refractivity contribution is 7.98. The number of rotatable bonds is 3. The van der Waals surface area contributed by atoms with Gasteiger partial charge in [0, 0.05) is 4.90 Å². The SMILES string of the molecule is CSc1ccc(Cl)c(C(=O)NOC(C)(C)C)c1. The number of nitrogens with one attached hydrogen (secondary N) is 1. The van der Waals surface area contributed by atoms with E-state index in [0.29, 0.717) is 10.6 Å². The van der Waals surface area contributed by atoms with Crippen LogP contribution in [-0.2, 0) is 4.84 Å². The molecule has 17 heavy (non-hydrogen) atoms. The largest absolute Gasteiger partial charge is 0.276 e. The zero-order valence-electron chi connectivity index (χ0n) is 10.3. The van der Waals surface area contributed by atoms with Crippen molar-refractivity contribution in [3.8, 4) is 0 Å². The molecule has 0 heterocycles. The van der Waals surface area contributed by atoms with Gasteiger partial charge in [-0.25, -0.2) is 5.48 Å². The highest BCUT2D eigenvalue weighted by Crippen LogP contribution is 2.23. The van der Waals surface area contributed by atoms with Crippen molar-refractivity contribution in [2.45, 2.75) is 31.3 Å². The first-order chi connectivity index (χ1) is 7.83. The molecule has 0 spiro atoms. The molecule has 0 bridgehead atoms. The molecule has 1 aromatic rings. The molecule has 1 amide bonds. The maximum absolute atomic E-state index is 11.9. The van der Waals surface area contributed by atoms with Crippen LogP contribution in [0.5, 0.6) is 0 Å². The molecule has 0 aliphatic heterocycles. The van der Waals surface area contributed by atoms with Crippen LogP contribution >= 0.6 is 23.4 Å². The molecule has 0 atom stereocenters. The van der Waals surface area contributed by atoms with Crippen LogP contribution < -0.4 is 5.48 Å². The van der Waals surface area contributed by atoms with E-state index in [1.54, 1.807) is 23.9 Å². The second kappa shape index (κ2) is 5.76. The summed E-state index contributed by atoms with van der Waals surface area (Å²) in [6.45, 7) is 5.56. The molecular weight excluding hydrogens is 258 g/mol. The third kappa shape index (κ3) is 4.58. The topological polar surface area (TPSA) is 38.3 Å². The van der Waals surface area contributed by atoms with Crippen molar-refractivity contribution in [2.75, 3.05) is 6.26 Å². The zero-order chi connectivity index (χ0) is 13.1. The Bertz CT molecular complexity index is 415. The fourth-order valence-corrected chi connectivity index (χ4v) is 1.70. The molecule has 1 N–H and O–H groups in total. The lowest BCUT2D eigenvalue weighted by molar-refractivity contribution is -0.0589. The summed E-state index contributed by atoms with van der Waals surface area (Å²) in [5.41, 5.74) is 2.39. The lowest BCUT2D eigenvalue weighted by Gasteiger charge is -2.19. The van der Waals surface area contributed by atoms with Gasteiger partial charge in [0.2, 0.25) is 0 Å². The molecule has 3 nitrogen and oxygen atoms in total. The van der Waals surface area contributed by atoms with Crippen LogP contribution in [0.3, 0.4) is 0 Å². The lowest BCUT2D eigenvalue weighted by atomic mass is 10.2. The Labute approximate surface area is 111 Å². The maximum Gasteiger partial charge on any atom is 0.276 e. The van der Waals surface area contributed by atoms with Crippen LogP contribution in [0.15, 0.2) is 23.1 Å². The second-order valence-corrected chi connectivity index (χ2v) is 5.78. The number of carbonyl (C=O) groups excluding carboxylic acids is 1. The molecule has 94 valence electrons. The van der Waals surface area contributed by atoms with Gasteiger partial charge in [-0.1, -0.05) is 11.6 Å². The van der Waals surface area contributed by atoms with Gasteiger partial charge in [-0.2, -0.15) is 0 Å². The Kier molecular flexibility index (Phi) is 4.86. The first-order valence-electron chi connectivity index (χ1n) is 5.15. The van der Waals surface area contributed by atoms with Gasteiger partial charge in [0.15, 0.2) is 0 Å². The second-order valence-electron chi connectivity index (χ2n) is 4.49. The summed E-state index contributed by atoms with van der Waals surface area (Å²) in [6.07, 6.45) is 1.94. The van der Waals surface area contributed by atoms with E-state index in [1.165, 1.54) is 0 Å². The van der Waals surface area contributed by atoms with Gasteiger partial charge >= 0.3 is 0 Å². The average molecular weight is 274 g/mol. The minimum Gasteiger partial charge on any atom is -0.268 e. The molecule has 0 fully saturated rings. The first kappa shape index (κ1) is 14.4. The molecule has 1 rings (SSSR count). The van der Waals surface area contributed by atoms with Crippen molar-refractivity contribution in [3.63, 3.8) is 0 Å². The summed E-state index contributed by atoms with van der Waals surface area (Å²) < 4.78 is 0. The highest BCUT2D eigenvalue weighted by atomic mass is 35.5. The molecule has 0 radical (unpaired) electrons. The molecule has 5 heteroatoms. The summed E-state index contributed by atoms with van der Waals surface area (Å²) in [4.78, 5) is 18.0. The summed E-state index contributed by atoms with van der Waals surface area (Å²) in [5.74, 6) is -0.333. The van der Waals surface area contributed by atoms with Gasteiger partial charge in [-0.05, 0) is 45.2 Å². The van der Waals surface area contributed by atoms with E-state index in [2.05, 4.69) is 5.48 Å².